The van der Waals surface area contributed by atoms with Crippen LogP contribution in [0.25, 0.3) is 6.08 Å². The molecule has 0 fully saturated rings. The number of carbonyl (C=O) groups excluding carboxylic acids is 1. The lowest BCUT2D eigenvalue weighted by Crippen LogP contribution is -2.18. The Bertz CT molecular complexity index is 1470. The molecule has 1 N–H and O–H groups in total. The Labute approximate surface area is 220 Å². The van der Waals surface area contributed by atoms with Crippen LogP contribution in [0.3, 0.4) is 0 Å². The molecule has 0 bridgehead atoms. The SMILES string of the molecule is O=C1Nc2cc(S(=O)(=O)Cc3c(Br)cccc3Br)ccc2S/C1=C/c1ccc(Cl)c([N+](=O)[O-])c1. The van der Waals surface area contributed by atoms with Gasteiger partial charge >= 0.3 is 0 Å². The predicted octanol–water partition coefficient (Wildman–Crippen LogP) is 6.83. The number of halogens is 3. The van der Waals surface area contributed by atoms with Crippen LogP contribution in [-0.2, 0) is 20.4 Å². The summed E-state index contributed by atoms with van der Waals surface area (Å²) in [6.07, 6.45) is 1.52. The zero-order chi connectivity index (χ0) is 24.6. The third-order valence-electron chi connectivity index (χ3n) is 4.86. The van der Waals surface area contributed by atoms with E-state index in [1.54, 1.807) is 30.3 Å². The molecule has 1 amide bonds. The van der Waals surface area contributed by atoms with Gasteiger partial charge < -0.3 is 5.32 Å². The van der Waals surface area contributed by atoms with Crippen LogP contribution >= 0.6 is 55.2 Å². The van der Waals surface area contributed by atoms with Crippen molar-refractivity contribution in [1.29, 1.82) is 0 Å². The minimum Gasteiger partial charge on any atom is -0.320 e. The Hall–Kier alpha value is -2.18. The average molecular weight is 645 g/mol. The Kier molecular flexibility index (Phi) is 7.20. The number of benzene rings is 3. The van der Waals surface area contributed by atoms with E-state index in [0.717, 1.165) is 11.8 Å². The number of hydrogen-bond acceptors (Lipinski definition) is 6. The van der Waals surface area contributed by atoms with Crippen molar-refractivity contribution in [1.82, 2.24) is 0 Å². The van der Waals surface area contributed by atoms with Gasteiger partial charge in [0.05, 0.1) is 26.2 Å². The number of nitrogens with one attached hydrogen (secondary N) is 1. The third-order valence-corrected chi connectivity index (χ3v) is 9.41. The van der Waals surface area contributed by atoms with Crippen molar-refractivity contribution in [2.75, 3.05) is 5.32 Å². The zero-order valence-corrected chi connectivity index (χ0v) is 22.5. The smallest absolute Gasteiger partial charge is 0.288 e. The topological polar surface area (TPSA) is 106 Å². The van der Waals surface area contributed by atoms with Crippen LogP contribution in [0.15, 0.2) is 78.2 Å². The number of sulfone groups is 1. The molecule has 0 spiro atoms. The summed E-state index contributed by atoms with van der Waals surface area (Å²) in [6, 6.07) is 14.1. The summed E-state index contributed by atoms with van der Waals surface area (Å²) < 4.78 is 27.5. The van der Waals surface area contributed by atoms with Gasteiger partial charge in [-0.15, -0.1) is 0 Å². The van der Waals surface area contributed by atoms with E-state index in [2.05, 4.69) is 37.2 Å². The standard InChI is InChI=1S/C22H13Br2ClN2O5S2/c23-15-2-1-3-16(24)14(15)11-34(31,32)13-5-7-20-18(10-13)26-22(28)21(33-20)9-12-4-6-17(25)19(8-12)27(29)30/h1-10H,11H2,(H,26,28)/b21-9+. The number of fused-ring (bicyclic) bond motifs is 1. The molecule has 0 saturated carbocycles. The van der Waals surface area contributed by atoms with E-state index in [9.17, 15) is 23.3 Å². The van der Waals surface area contributed by atoms with Gasteiger partial charge in [-0.3, -0.25) is 14.9 Å². The van der Waals surface area contributed by atoms with Crippen LogP contribution in [-0.4, -0.2) is 19.2 Å². The number of hydrogen-bond donors (Lipinski definition) is 1. The normalized spacial score (nSPS) is 14.6. The quantitative estimate of drug-likeness (QED) is 0.185. The van der Waals surface area contributed by atoms with Gasteiger partial charge in [0.15, 0.2) is 9.84 Å². The summed E-state index contributed by atoms with van der Waals surface area (Å²) in [6.45, 7) is 0. The maximum absolute atomic E-state index is 13.1. The summed E-state index contributed by atoms with van der Waals surface area (Å²) in [5.41, 5.74) is 1.15. The van der Waals surface area contributed by atoms with E-state index in [-0.39, 0.29) is 21.4 Å². The number of nitro benzene ring substituents is 1. The van der Waals surface area contributed by atoms with Crippen molar-refractivity contribution in [2.24, 2.45) is 0 Å². The molecule has 4 rings (SSSR count). The van der Waals surface area contributed by atoms with Gasteiger partial charge in [-0.1, -0.05) is 67.4 Å². The van der Waals surface area contributed by atoms with Crippen LogP contribution < -0.4 is 5.32 Å². The van der Waals surface area contributed by atoms with Gasteiger partial charge in [-0.05, 0) is 53.6 Å². The molecule has 0 aromatic heterocycles. The van der Waals surface area contributed by atoms with E-state index in [4.69, 9.17) is 11.6 Å². The van der Waals surface area contributed by atoms with Crippen molar-refractivity contribution in [3.8, 4) is 0 Å². The van der Waals surface area contributed by atoms with E-state index in [1.165, 1.54) is 30.3 Å². The highest BCUT2D eigenvalue weighted by molar-refractivity contribution is 9.11. The molecule has 1 aliphatic heterocycles. The minimum absolute atomic E-state index is 0.00143. The van der Waals surface area contributed by atoms with Gasteiger partial charge in [0.25, 0.3) is 11.6 Å². The molecule has 3 aromatic carbocycles. The highest BCUT2D eigenvalue weighted by atomic mass is 79.9. The minimum atomic E-state index is -3.70. The van der Waals surface area contributed by atoms with Crippen molar-refractivity contribution < 1.29 is 18.1 Å². The fraction of sp³-hybridized carbons (Fsp3) is 0.0455. The number of nitrogens with zero attached hydrogens (tertiary/aromatic N) is 1. The van der Waals surface area contributed by atoms with Crippen LogP contribution in [0.2, 0.25) is 5.02 Å². The first kappa shape index (κ1) is 24.9. The molecule has 7 nitrogen and oxygen atoms in total. The van der Waals surface area contributed by atoms with E-state index < -0.39 is 20.7 Å². The third kappa shape index (κ3) is 5.23. The Balaban J connectivity index is 1.62. The molecule has 1 aliphatic rings. The largest absolute Gasteiger partial charge is 0.320 e. The van der Waals surface area contributed by atoms with Crippen LogP contribution in [0, 0.1) is 10.1 Å². The second-order valence-electron chi connectivity index (χ2n) is 7.15. The van der Waals surface area contributed by atoms with Gasteiger partial charge in [0.2, 0.25) is 0 Å². The number of carbonyl (C=O) groups is 1. The van der Waals surface area contributed by atoms with Crippen molar-refractivity contribution >= 4 is 88.4 Å². The molecule has 34 heavy (non-hydrogen) atoms. The zero-order valence-electron chi connectivity index (χ0n) is 16.9. The fourth-order valence-electron chi connectivity index (χ4n) is 3.19. The van der Waals surface area contributed by atoms with Crippen LogP contribution in [0.1, 0.15) is 11.1 Å². The molecule has 0 unspecified atom stereocenters. The number of rotatable bonds is 5. The molecule has 0 atom stereocenters. The van der Waals surface area contributed by atoms with E-state index >= 15 is 0 Å². The van der Waals surface area contributed by atoms with Gasteiger partial charge in [-0.2, -0.15) is 0 Å². The Morgan fingerprint density at radius 3 is 2.47 bits per heavy atom. The first-order valence-electron chi connectivity index (χ1n) is 9.50. The van der Waals surface area contributed by atoms with Gasteiger partial charge in [-0.25, -0.2) is 8.42 Å². The molecule has 12 heteroatoms. The van der Waals surface area contributed by atoms with Gasteiger partial charge in [0.1, 0.15) is 5.02 Å². The second kappa shape index (κ2) is 9.82. The first-order valence-corrected chi connectivity index (χ1v) is 13.9. The second-order valence-corrected chi connectivity index (χ2v) is 12.3. The maximum atomic E-state index is 13.1. The summed E-state index contributed by atoms with van der Waals surface area (Å²) in [5.74, 6) is -0.673. The number of amides is 1. The van der Waals surface area contributed by atoms with Crippen molar-refractivity contribution in [3.05, 3.63) is 94.7 Å². The molecular formula is C22H13Br2ClN2O5S2. The molecular weight excluding hydrogens is 632 g/mol. The highest BCUT2D eigenvalue weighted by Crippen LogP contribution is 2.41. The number of nitro groups is 1. The summed E-state index contributed by atoms with van der Waals surface area (Å²) in [7, 11) is -3.70. The van der Waals surface area contributed by atoms with Crippen molar-refractivity contribution in [2.45, 2.75) is 15.5 Å². The van der Waals surface area contributed by atoms with Crippen LogP contribution in [0.4, 0.5) is 11.4 Å². The molecule has 3 aromatic rings. The molecule has 1 heterocycles. The summed E-state index contributed by atoms with van der Waals surface area (Å²) >= 11 is 13.8. The molecule has 0 aliphatic carbocycles. The lowest BCUT2D eigenvalue weighted by atomic mass is 10.2. The molecule has 174 valence electrons. The highest BCUT2D eigenvalue weighted by Gasteiger charge is 2.25. The van der Waals surface area contributed by atoms with Gasteiger partial charge in [0, 0.05) is 19.9 Å². The molecule has 0 radical (unpaired) electrons. The summed E-state index contributed by atoms with van der Waals surface area (Å²) in [4.78, 5) is 24.2. The Morgan fingerprint density at radius 1 is 1.09 bits per heavy atom. The Morgan fingerprint density at radius 2 is 1.79 bits per heavy atom. The first-order chi connectivity index (χ1) is 16.0. The average Bonchev–Trinajstić information content (AvgIpc) is 2.77. The predicted molar refractivity (Wildman–Crippen MR) is 140 cm³/mol. The fourth-order valence-corrected chi connectivity index (χ4v) is 7.39. The maximum Gasteiger partial charge on any atom is 0.288 e. The van der Waals surface area contributed by atoms with Crippen LogP contribution in [0.5, 0.6) is 0 Å². The molecule has 0 saturated heterocycles. The van der Waals surface area contributed by atoms with Crippen molar-refractivity contribution in [3.63, 3.8) is 0 Å². The lowest BCUT2D eigenvalue weighted by Gasteiger charge is -2.19. The van der Waals surface area contributed by atoms with E-state index in [0.29, 0.717) is 35.6 Å². The lowest BCUT2D eigenvalue weighted by molar-refractivity contribution is -0.384. The number of thioether (sulfide) groups is 1. The number of anilines is 1. The van der Waals surface area contributed by atoms with E-state index in [1.807, 2.05) is 0 Å². The monoisotopic (exact) mass is 642 g/mol. The summed E-state index contributed by atoms with van der Waals surface area (Å²) in [5, 5.41) is 13.8.